The minimum absolute atomic E-state index is 0.142. The minimum Gasteiger partial charge on any atom is -0.405 e. The molecule has 3 aromatic carbocycles. The number of hydrogen-bond donors (Lipinski definition) is 1. The third-order valence-electron chi connectivity index (χ3n) is 6.17. The van der Waals surface area contributed by atoms with Crippen molar-refractivity contribution in [3.05, 3.63) is 94.0 Å². The van der Waals surface area contributed by atoms with Crippen LogP contribution in [0, 0.1) is 0 Å². The van der Waals surface area contributed by atoms with E-state index in [0.29, 0.717) is 17.7 Å². The molecule has 15 heteroatoms. The number of anilines is 1. The lowest BCUT2D eigenvalue weighted by Crippen LogP contribution is -2.38. The smallest absolute Gasteiger partial charge is 0.405 e. The number of ether oxygens (including phenoxy) is 1. The second-order valence-electron chi connectivity index (χ2n) is 9.08. The summed E-state index contributed by atoms with van der Waals surface area (Å²) in [5.74, 6) is -1.58. The van der Waals surface area contributed by atoms with E-state index in [1.807, 2.05) is 0 Å². The number of carbonyl (C=O) groups is 1. The molecule has 2 amide bonds. The van der Waals surface area contributed by atoms with Crippen LogP contribution in [0.1, 0.15) is 29.2 Å². The Morgan fingerprint density at radius 1 is 0.902 bits per heavy atom. The second-order valence-corrected chi connectivity index (χ2v) is 9.49. The molecule has 0 aliphatic carbocycles. The van der Waals surface area contributed by atoms with Crippen LogP contribution >= 0.6 is 11.6 Å². The lowest BCUT2D eigenvalue weighted by atomic mass is 9.76. The number of carbonyl (C=O) groups excluding carboxylic acids is 1. The fraction of sp³-hybridized carbons (Fsp3) is 0.231. The molecule has 0 bridgehead atoms. The maximum absolute atomic E-state index is 13.2. The van der Waals surface area contributed by atoms with Crippen LogP contribution in [-0.2, 0) is 17.8 Å². The number of hydrazone groups is 1. The summed E-state index contributed by atoms with van der Waals surface area (Å²) in [4.78, 5) is 13.1. The molecular formula is C26H17ClF9N3O2. The van der Waals surface area contributed by atoms with Crippen LogP contribution in [0.25, 0.3) is 0 Å². The lowest BCUT2D eigenvalue weighted by molar-refractivity contribution is -0.276. The largest absolute Gasteiger partial charge is 0.573 e. The number of urea groups is 1. The van der Waals surface area contributed by atoms with Crippen LogP contribution in [0.2, 0.25) is 5.02 Å². The maximum Gasteiger partial charge on any atom is 0.573 e. The second kappa shape index (κ2) is 10.5. The highest BCUT2D eigenvalue weighted by Crippen LogP contribution is 2.41. The van der Waals surface area contributed by atoms with Gasteiger partial charge >= 0.3 is 24.7 Å². The highest BCUT2D eigenvalue weighted by molar-refractivity contribution is 6.32. The molecule has 4 rings (SSSR count). The van der Waals surface area contributed by atoms with Crippen LogP contribution < -0.4 is 10.1 Å². The summed E-state index contributed by atoms with van der Waals surface area (Å²) in [7, 11) is 0. The van der Waals surface area contributed by atoms with E-state index in [4.69, 9.17) is 11.6 Å². The lowest BCUT2D eigenvalue weighted by Gasteiger charge is -2.27. The molecule has 0 aromatic heterocycles. The van der Waals surface area contributed by atoms with E-state index in [1.165, 1.54) is 0 Å². The van der Waals surface area contributed by atoms with Gasteiger partial charge < -0.3 is 10.1 Å². The number of alkyl halides is 9. The Kier molecular flexibility index (Phi) is 7.67. The van der Waals surface area contributed by atoms with Gasteiger partial charge in [0.1, 0.15) is 5.75 Å². The zero-order valence-electron chi connectivity index (χ0n) is 20.5. The molecule has 41 heavy (non-hydrogen) atoms. The van der Waals surface area contributed by atoms with Crippen LogP contribution in [0.3, 0.4) is 0 Å². The van der Waals surface area contributed by atoms with Crippen molar-refractivity contribution in [2.45, 2.75) is 31.1 Å². The molecule has 0 fully saturated rings. The number of nitrogens with zero attached hydrogens (tertiary/aromatic N) is 2. The average molecular weight is 610 g/mol. The van der Waals surface area contributed by atoms with Crippen molar-refractivity contribution >= 4 is 29.0 Å². The van der Waals surface area contributed by atoms with Gasteiger partial charge in [-0.05, 0) is 36.8 Å². The summed E-state index contributed by atoms with van der Waals surface area (Å²) in [6.45, 7) is 1.47. The zero-order chi connectivity index (χ0) is 30.4. The van der Waals surface area contributed by atoms with Crippen molar-refractivity contribution in [2.75, 3.05) is 11.9 Å². The summed E-state index contributed by atoms with van der Waals surface area (Å²) in [6, 6.07) is 11.8. The standard InChI is InChI=1S/C26H17ClF9N3O2/c1-23(15-5-3-2-4-6-15)13-39(38-21(23)14-7-9-17(19(27)11-14)24(28,29)30)22(40)37-16-8-10-18(25(31,32)33)20(12-16)41-26(34,35)36/h2-12H,13H2,1H3,(H,37,40). The van der Waals surface area contributed by atoms with Gasteiger partial charge in [-0.15, -0.1) is 13.2 Å². The number of rotatable bonds is 4. The third-order valence-corrected chi connectivity index (χ3v) is 6.48. The molecule has 0 saturated carbocycles. The molecule has 218 valence electrons. The van der Waals surface area contributed by atoms with Crippen LogP contribution in [-0.4, -0.2) is 29.7 Å². The Hall–Kier alpha value is -3.94. The highest BCUT2D eigenvalue weighted by Gasteiger charge is 2.44. The van der Waals surface area contributed by atoms with Gasteiger partial charge in [-0.2, -0.15) is 31.4 Å². The van der Waals surface area contributed by atoms with Crippen LogP contribution in [0.15, 0.2) is 71.8 Å². The number of nitrogens with one attached hydrogen (secondary N) is 1. The van der Waals surface area contributed by atoms with Gasteiger partial charge in [-0.25, -0.2) is 9.80 Å². The molecule has 1 unspecified atom stereocenters. The predicted molar refractivity (Wildman–Crippen MR) is 131 cm³/mol. The molecule has 0 saturated heterocycles. The first-order chi connectivity index (χ1) is 18.9. The molecule has 1 atom stereocenters. The van der Waals surface area contributed by atoms with Crippen molar-refractivity contribution in [2.24, 2.45) is 5.10 Å². The van der Waals surface area contributed by atoms with E-state index < -0.39 is 57.7 Å². The van der Waals surface area contributed by atoms with Crippen molar-refractivity contribution < 1.29 is 49.0 Å². The molecule has 0 spiro atoms. The number of benzene rings is 3. The Balaban J connectivity index is 1.70. The SMILES string of the molecule is CC1(c2ccccc2)CN(C(=O)Nc2ccc(C(F)(F)F)c(OC(F)(F)F)c2)N=C1c1ccc(C(F)(F)F)c(Cl)c1. The Morgan fingerprint density at radius 2 is 1.51 bits per heavy atom. The monoisotopic (exact) mass is 609 g/mol. The van der Waals surface area contributed by atoms with E-state index in [2.05, 4.69) is 15.2 Å². The van der Waals surface area contributed by atoms with E-state index in [9.17, 15) is 44.3 Å². The summed E-state index contributed by atoms with van der Waals surface area (Å²) < 4.78 is 121. The number of amides is 2. The summed E-state index contributed by atoms with van der Waals surface area (Å²) in [5.41, 5.74) is -3.47. The first-order valence-corrected chi connectivity index (χ1v) is 11.8. The average Bonchev–Trinajstić information content (AvgIpc) is 3.21. The molecule has 1 N–H and O–H groups in total. The highest BCUT2D eigenvalue weighted by atomic mass is 35.5. The van der Waals surface area contributed by atoms with Gasteiger partial charge in [0, 0.05) is 17.3 Å². The van der Waals surface area contributed by atoms with Crippen molar-refractivity contribution in [1.82, 2.24) is 5.01 Å². The summed E-state index contributed by atoms with van der Waals surface area (Å²) in [6.07, 6.45) is -15.4. The van der Waals surface area contributed by atoms with E-state index in [1.54, 1.807) is 37.3 Å². The normalized spacial score (nSPS) is 17.8. The maximum atomic E-state index is 13.2. The van der Waals surface area contributed by atoms with Crippen molar-refractivity contribution in [3.8, 4) is 5.75 Å². The topological polar surface area (TPSA) is 53.9 Å². The summed E-state index contributed by atoms with van der Waals surface area (Å²) in [5, 5.41) is 6.69. The van der Waals surface area contributed by atoms with Gasteiger partial charge in [0.05, 0.1) is 33.8 Å². The van der Waals surface area contributed by atoms with E-state index >= 15 is 0 Å². The first kappa shape index (κ1) is 30.0. The van der Waals surface area contributed by atoms with E-state index in [-0.39, 0.29) is 17.8 Å². The molecule has 0 radical (unpaired) electrons. The molecule has 1 aliphatic rings. The Bertz CT molecular complexity index is 1490. The molecular weight excluding hydrogens is 593 g/mol. The van der Waals surface area contributed by atoms with Gasteiger partial charge in [0.2, 0.25) is 0 Å². The molecule has 1 aliphatic heterocycles. The number of hydrogen-bond acceptors (Lipinski definition) is 3. The fourth-order valence-corrected chi connectivity index (χ4v) is 4.58. The Labute approximate surface area is 231 Å². The van der Waals surface area contributed by atoms with Crippen LogP contribution in [0.5, 0.6) is 5.75 Å². The molecule has 3 aromatic rings. The fourth-order valence-electron chi connectivity index (χ4n) is 4.29. The van der Waals surface area contributed by atoms with E-state index in [0.717, 1.165) is 29.3 Å². The quantitative estimate of drug-likeness (QED) is 0.302. The molecule has 1 heterocycles. The predicted octanol–water partition coefficient (Wildman–Crippen LogP) is 8.49. The third kappa shape index (κ3) is 6.53. The summed E-state index contributed by atoms with van der Waals surface area (Å²) >= 11 is 5.90. The Morgan fingerprint density at radius 3 is 2.07 bits per heavy atom. The first-order valence-electron chi connectivity index (χ1n) is 11.5. The van der Waals surface area contributed by atoms with Gasteiger partial charge in [0.25, 0.3) is 0 Å². The van der Waals surface area contributed by atoms with Gasteiger partial charge in [-0.3, -0.25) is 0 Å². The van der Waals surface area contributed by atoms with Gasteiger partial charge in [0.15, 0.2) is 0 Å². The van der Waals surface area contributed by atoms with Crippen LogP contribution in [0.4, 0.5) is 50.0 Å². The van der Waals surface area contributed by atoms with Gasteiger partial charge in [-0.1, -0.05) is 48.0 Å². The zero-order valence-corrected chi connectivity index (χ0v) is 21.3. The van der Waals surface area contributed by atoms with Crippen molar-refractivity contribution in [1.29, 1.82) is 0 Å². The minimum atomic E-state index is -5.45. The molecule has 5 nitrogen and oxygen atoms in total. The number of halogens is 10. The van der Waals surface area contributed by atoms with Crippen molar-refractivity contribution in [3.63, 3.8) is 0 Å².